The van der Waals surface area contributed by atoms with Crippen molar-refractivity contribution < 1.29 is 9.53 Å². The maximum atomic E-state index is 12.7. The second kappa shape index (κ2) is 9.80. The van der Waals surface area contributed by atoms with E-state index in [1.54, 1.807) is 7.11 Å². The molecular formula is C27H26ClN5O2. The highest BCUT2D eigenvalue weighted by atomic mass is 35.5. The smallest absolute Gasteiger partial charge is 0.250 e. The Kier molecular flexibility index (Phi) is 6.42. The summed E-state index contributed by atoms with van der Waals surface area (Å²) in [7, 11) is 1.61. The van der Waals surface area contributed by atoms with E-state index in [1.165, 1.54) is 5.56 Å². The van der Waals surface area contributed by atoms with Crippen molar-refractivity contribution in [2.24, 2.45) is 0 Å². The molecule has 2 heterocycles. The summed E-state index contributed by atoms with van der Waals surface area (Å²) in [5.74, 6) is 1.46. The van der Waals surface area contributed by atoms with Crippen molar-refractivity contribution in [3.05, 3.63) is 100 Å². The number of fused-ring (bicyclic) bond motifs is 1. The van der Waals surface area contributed by atoms with Gasteiger partial charge in [0.1, 0.15) is 5.75 Å². The first kappa shape index (κ1) is 22.9. The third-order valence-electron chi connectivity index (χ3n) is 6.20. The molecule has 5 rings (SSSR count). The van der Waals surface area contributed by atoms with E-state index in [0.717, 1.165) is 28.9 Å². The van der Waals surface area contributed by atoms with Crippen molar-refractivity contribution in [1.29, 1.82) is 0 Å². The Bertz CT molecular complexity index is 1320. The number of aromatic nitrogens is 3. The first-order valence-corrected chi connectivity index (χ1v) is 11.8. The van der Waals surface area contributed by atoms with Crippen molar-refractivity contribution in [2.45, 2.75) is 31.8 Å². The van der Waals surface area contributed by atoms with Crippen LogP contribution in [-0.4, -0.2) is 27.8 Å². The van der Waals surface area contributed by atoms with Gasteiger partial charge in [-0.05, 0) is 54.3 Å². The zero-order valence-corrected chi connectivity index (χ0v) is 20.3. The number of ether oxygens (including phenoxy) is 1. The molecule has 1 amide bonds. The van der Waals surface area contributed by atoms with Crippen LogP contribution in [0, 0.1) is 6.92 Å². The summed E-state index contributed by atoms with van der Waals surface area (Å²) in [6.45, 7) is 2.07. The van der Waals surface area contributed by atoms with Crippen LogP contribution in [0.15, 0.2) is 72.8 Å². The fourth-order valence-electron chi connectivity index (χ4n) is 4.31. The lowest BCUT2D eigenvalue weighted by Crippen LogP contribution is -2.28. The van der Waals surface area contributed by atoms with E-state index in [2.05, 4.69) is 51.9 Å². The molecule has 0 unspecified atom stereocenters. The number of methoxy groups -OCH3 is 1. The van der Waals surface area contributed by atoms with E-state index in [-0.39, 0.29) is 30.4 Å². The van der Waals surface area contributed by atoms with Crippen molar-refractivity contribution >= 4 is 29.4 Å². The molecule has 35 heavy (non-hydrogen) atoms. The summed E-state index contributed by atoms with van der Waals surface area (Å²) in [5.41, 5.74) is 4.33. The molecule has 178 valence electrons. The predicted molar refractivity (Wildman–Crippen MR) is 137 cm³/mol. The van der Waals surface area contributed by atoms with E-state index < -0.39 is 0 Å². The van der Waals surface area contributed by atoms with Gasteiger partial charge < -0.3 is 10.1 Å². The average molecular weight is 488 g/mol. The second-order valence-electron chi connectivity index (χ2n) is 8.69. The third kappa shape index (κ3) is 5.15. The normalized spacial score (nSPS) is 16.8. The fraction of sp³-hybridized carbons (Fsp3) is 0.222. The standard InChI is InChI=1S/C27H26ClN5O2/c1-17-3-7-20(8-4-17)24-16-23(19-9-11-21(28)12-10-19)29-27-31-26(32-33(24)27)30-25(34)15-18-5-13-22(35-2)14-6-18/h3-14,23-24H,15-16H2,1-2H3,(H2,29,30,31,32,34)/t23-,24+/m0/s1. The van der Waals surface area contributed by atoms with Gasteiger partial charge in [0.05, 0.1) is 25.6 Å². The van der Waals surface area contributed by atoms with E-state index in [4.69, 9.17) is 16.3 Å². The summed E-state index contributed by atoms with van der Waals surface area (Å²) in [6, 6.07) is 23.7. The van der Waals surface area contributed by atoms with Gasteiger partial charge in [0.2, 0.25) is 11.9 Å². The molecular weight excluding hydrogens is 462 g/mol. The van der Waals surface area contributed by atoms with Gasteiger partial charge in [-0.15, -0.1) is 5.10 Å². The monoisotopic (exact) mass is 487 g/mol. The number of benzene rings is 3. The van der Waals surface area contributed by atoms with Crippen LogP contribution in [0.3, 0.4) is 0 Å². The van der Waals surface area contributed by atoms with Gasteiger partial charge in [0.15, 0.2) is 0 Å². The molecule has 7 nitrogen and oxygen atoms in total. The van der Waals surface area contributed by atoms with Gasteiger partial charge in [-0.1, -0.05) is 65.7 Å². The van der Waals surface area contributed by atoms with E-state index in [1.807, 2.05) is 53.2 Å². The summed E-state index contributed by atoms with van der Waals surface area (Å²) < 4.78 is 7.04. The Morgan fingerprint density at radius 2 is 1.74 bits per heavy atom. The number of anilines is 2. The summed E-state index contributed by atoms with van der Waals surface area (Å²) in [4.78, 5) is 17.3. The van der Waals surface area contributed by atoms with E-state index in [0.29, 0.717) is 11.0 Å². The van der Waals surface area contributed by atoms with Gasteiger partial charge in [0, 0.05) is 5.02 Å². The number of amides is 1. The quantitative estimate of drug-likeness (QED) is 0.371. The Balaban J connectivity index is 1.40. The number of hydrogen-bond donors (Lipinski definition) is 2. The van der Waals surface area contributed by atoms with Gasteiger partial charge in [-0.3, -0.25) is 10.1 Å². The third-order valence-corrected chi connectivity index (χ3v) is 6.45. The molecule has 0 bridgehead atoms. The van der Waals surface area contributed by atoms with Gasteiger partial charge in [-0.25, -0.2) is 4.68 Å². The van der Waals surface area contributed by atoms with Crippen LogP contribution in [0.25, 0.3) is 0 Å². The highest BCUT2D eigenvalue weighted by Gasteiger charge is 2.31. The van der Waals surface area contributed by atoms with E-state index in [9.17, 15) is 4.79 Å². The highest BCUT2D eigenvalue weighted by Crippen LogP contribution is 2.38. The molecule has 1 aromatic heterocycles. The molecule has 0 radical (unpaired) electrons. The Morgan fingerprint density at radius 3 is 2.43 bits per heavy atom. The molecule has 0 saturated heterocycles. The van der Waals surface area contributed by atoms with Crippen molar-refractivity contribution in [2.75, 3.05) is 17.7 Å². The fourth-order valence-corrected chi connectivity index (χ4v) is 4.43. The zero-order chi connectivity index (χ0) is 24.4. The van der Waals surface area contributed by atoms with Gasteiger partial charge in [0.25, 0.3) is 5.95 Å². The van der Waals surface area contributed by atoms with Gasteiger partial charge >= 0.3 is 0 Å². The van der Waals surface area contributed by atoms with Crippen LogP contribution >= 0.6 is 11.6 Å². The maximum absolute atomic E-state index is 12.7. The molecule has 0 saturated carbocycles. The van der Waals surface area contributed by atoms with Crippen LogP contribution in [0.1, 0.15) is 40.8 Å². The number of carbonyl (C=O) groups excluding carboxylic acids is 1. The number of carbonyl (C=O) groups is 1. The maximum Gasteiger partial charge on any atom is 0.250 e. The average Bonchev–Trinajstić information content (AvgIpc) is 3.27. The molecule has 8 heteroatoms. The molecule has 2 N–H and O–H groups in total. The molecule has 0 fully saturated rings. The molecule has 3 aromatic carbocycles. The van der Waals surface area contributed by atoms with Crippen LogP contribution < -0.4 is 15.4 Å². The number of aryl methyl sites for hydroxylation is 1. The first-order valence-electron chi connectivity index (χ1n) is 11.5. The molecule has 1 aliphatic heterocycles. The molecule has 0 spiro atoms. The topological polar surface area (TPSA) is 81.1 Å². The highest BCUT2D eigenvalue weighted by molar-refractivity contribution is 6.30. The van der Waals surface area contributed by atoms with Crippen molar-refractivity contribution in [3.8, 4) is 5.75 Å². The summed E-state index contributed by atoms with van der Waals surface area (Å²) in [6.07, 6.45) is 0.996. The molecule has 1 aliphatic rings. The molecule has 2 atom stereocenters. The molecule has 0 aliphatic carbocycles. The minimum absolute atomic E-state index is 0.0260. The number of rotatable bonds is 6. The lowest BCUT2D eigenvalue weighted by molar-refractivity contribution is -0.115. The van der Waals surface area contributed by atoms with Crippen molar-refractivity contribution in [3.63, 3.8) is 0 Å². The second-order valence-corrected chi connectivity index (χ2v) is 9.12. The van der Waals surface area contributed by atoms with Crippen LogP contribution in [0.5, 0.6) is 5.75 Å². The number of nitrogens with zero attached hydrogens (tertiary/aromatic N) is 3. The van der Waals surface area contributed by atoms with Crippen molar-refractivity contribution in [1.82, 2.24) is 14.8 Å². The summed E-state index contributed by atoms with van der Waals surface area (Å²) in [5, 5.41) is 11.7. The Morgan fingerprint density at radius 1 is 1.06 bits per heavy atom. The summed E-state index contributed by atoms with van der Waals surface area (Å²) >= 11 is 6.10. The van der Waals surface area contributed by atoms with Crippen LogP contribution in [-0.2, 0) is 11.2 Å². The Hall–Kier alpha value is -3.84. The Labute approximate surface area is 209 Å². The van der Waals surface area contributed by atoms with E-state index >= 15 is 0 Å². The van der Waals surface area contributed by atoms with Crippen LogP contribution in [0.4, 0.5) is 11.9 Å². The SMILES string of the molecule is COc1ccc(CC(=O)Nc2nc3n(n2)[C@@H](c2ccc(C)cc2)C[C@@H](c2ccc(Cl)cc2)N3)cc1. The molecule has 4 aromatic rings. The zero-order valence-electron chi connectivity index (χ0n) is 19.5. The number of hydrogen-bond acceptors (Lipinski definition) is 5. The predicted octanol–water partition coefficient (Wildman–Crippen LogP) is 5.58. The van der Waals surface area contributed by atoms with Crippen LogP contribution in [0.2, 0.25) is 5.02 Å². The lowest BCUT2D eigenvalue weighted by Gasteiger charge is -2.31. The lowest BCUT2D eigenvalue weighted by atomic mass is 9.93. The first-order chi connectivity index (χ1) is 17.0. The largest absolute Gasteiger partial charge is 0.497 e. The van der Waals surface area contributed by atoms with Gasteiger partial charge in [-0.2, -0.15) is 4.98 Å². The number of nitrogens with one attached hydrogen (secondary N) is 2. The minimum Gasteiger partial charge on any atom is -0.497 e. The number of halogens is 1. The minimum atomic E-state index is -0.181.